The van der Waals surface area contributed by atoms with E-state index in [4.69, 9.17) is 0 Å². The molecule has 0 saturated heterocycles. The van der Waals surface area contributed by atoms with Gasteiger partial charge >= 0.3 is 0 Å². The molecule has 0 aliphatic heterocycles. The maximum absolute atomic E-state index is 2.99. The van der Waals surface area contributed by atoms with E-state index in [1.54, 1.807) is 0 Å². The standard InChI is InChI=1S/C9H8N2.CH4/c1-2-4-9(5-3-1)11-7-6-10-8-11;/h1-8H;1H4/p+1. The van der Waals surface area contributed by atoms with Crippen molar-refractivity contribution in [1.82, 2.24) is 4.98 Å². The Labute approximate surface area is 72.5 Å². The van der Waals surface area contributed by atoms with Crippen LogP contribution < -0.4 is 4.57 Å². The molecule has 12 heavy (non-hydrogen) atoms. The van der Waals surface area contributed by atoms with Gasteiger partial charge in [0.25, 0.3) is 0 Å². The lowest BCUT2D eigenvalue weighted by molar-refractivity contribution is -0.594. The molecule has 1 heterocycles. The van der Waals surface area contributed by atoms with Gasteiger partial charge in [-0.3, -0.25) is 0 Å². The quantitative estimate of drug-likeness (QED) is 0.617. The van der Waals surface area contributed by atoms with Crippen LogP contribution in [0.4, 0.5) is 0 Å². The molecule has 2 rings (SSSR count). The maximum atomic E-state index is 2.99. The second-order valence-electron chi connectivity index (χ2n) is 2.35. The molecule has 0 saturated carbocycles. The molecule has 2 heteroatoms. The van der Waals surface area contributed by atoms with E-state index in [2.05, 4.69) is 17.1 Å². The van der Waals surface area contributed by atoms with E-state index in [9.17, 15) is 0 Å². The summed E-state index contributed by atoms with van der Waals surface area (Å²) in [6, 6.07) is 10.2. The van der Waals surface area contributed by atoms with E-state index >= 15 is 0 Å². The zero-order chi connectivity index (χ0) is 7.52. The Morgan fingerprint density at radius 3 is 2.42 bits per heavy atom. The summed E-state index contributed by atoms with van der Waals surface area (Å²) in [6.45, 7) is 0. The van der Waals surface area contributed by atoms with Crippen molar-refractivity contribution in [2.24, 2.45) is 0 Å². The first-order valence-electron chi connectivity index (χ1n) is 3.56. The largest absolute Gasteiger partial charge is 0.250 e. The van der Waals surface area contributed by atoms with Crippen molar-refractivity contribution in [3.8, 4) is 5.69 Å². The lowest BCUT2D eigenvalue weighted by atomic mass is 10.3. The number of hydrogen-bond acceptors (Lipinski definition) is 0. The van der Waals surface area contributed by atoms with Crippen molar-refractivity contribution >= 4 is 0 Å². The molecule has 0 aliphatic carbocycles. The van der Waals surface area contributed by atoms with Gasteiger partial charge in [0.15, 0.2) is 0 Å². The molecule has 62 valence electrons. The van der Waals surface area contributed by atoms with Crippen LogP contribution in [0.25, 0.3) is 5.69 Å². The van der Waals surface area contributed by atoms with Crippen LogP contribution in [0.15, 0.2) is 49.1 Å². The smallest absolute Gasteiger partial charge is 0.246 e. The lowest BCUT2D eigenvalue weighted by Crippen LogP contribution is -2.26. The summed E-state index contributed by atoms with van der Waals surface area (Å²) < 4.78 is 2.03. The summed E-state index contributed by atoms with van der Waals surface area (Å²) in [5.74, 6) is 0. The first-order valence-corrected chi connectivity index (χ1v) is 3.56. The Morgan fingerprint density at radius 1 is 1.08 bits per heavy atom. The van der Waals surface area contributed by atoms with E-state index < -0.39 is 0 Å². The average Bonchev–Trinajstić information content (AvgIpc) is 2.58. The van der Waals surface area contributed by atoms with Gasteiger partial charge in [0.05, 0.1) is 0 Å². The van der Waals surface area contributed by atoms with Gasteiger partial charge in [0.2, 0.25) is 6.33 Å². The fraction of sp³-hybridized carbons (Fsp3) is 0.100. The maximum Gasteiger partial charge on any atom is 0.246 e. The third-order valence-corrected chi connectivity index (χ3v) is 1.60. The molecule has 1 N–H and O–H groups in total. The van der Waals surface area contributed by atoms with E-state index in [1.807, 2.05) is 41.5 Å². The molecular formula is C10H13N2+. The van der Waals surface area contributed by atoms with Gasteiger partial charge in [0.1, 0.15) is 18.1 Å². The van der Waals surface area contributed by atoms with Crippen LogP contribution in [-0.2, 0) is 0 Å². The molecule has 0 fully saturated rings. The Hall–Kier alpha value is -1.57. The molecule has 0 radical (unpaired) electrons. The van der Waals surface area contributed by atoms with Gasteiger partial charge in [-0.15, -0.1) is 0 Å². The van der Waals surface area contributed by atoms with Crippen molar-refractivity contribution in [2.45, 2.75) is 7.43 Å². The summed E-state index contributed by atoms with van der Waals surface area (Å²) >= 11 is 0. The highest BCUT2D eigenvalue weighted by molar-refractivity contribution is 5.20. The van der Waals surface area contributed by atoms with Crippen LogP contribution in [-0.4, -0.2) is 4.98 Å². The molecule has 1 aromatic carbocycles. The minimum absolute atomic E-state index is 0. The highest BCUT2D eigenvalue weighted by atomic mass is 15.0. The van der Waals surface area contributed by atoms with Crippen LogP contribution in [0.3, 0.4) is 0 Å². The Morgan fingerprint density at radius 2 is 1.83 bits per heavy atom. The minimum Gasteiger partial charge on any atom is -0.250 e. The topological polar surface area (TPSA) is 19.7 Å². The first-order chi connectivity index (χ1) is 5.47. The normalized spacial score (nSPS) is 9.00. The SMILES string of the molecule is C.c1ccc(-[n+]2cc[nH]c2)cc1. The van der Waals surface area contributed by atoms with E-state index in [0.717, 1.165) is 0 Å². The van der Waals surface area contributed by atoms with Gasteiger partial charge in [0, 0.05) is 0 Å². The summed E-state index contributed by atoms with van der Waals surface area (Å²) in [6.07, 6.45) is 5.79. The van der Waals surface area contributed by atoms with Crippen LogP contribution in [0.5, 0.6) is 0 Å². The number of H-pyrrole nitrogens is 1. The molecule has 0 atom stereocenters. The van der Waals surface area contributed by atoms with Crippen LogP contribution >= 0.6 is 0 Å². The first kappa shape index (κ1) is 8.53. The number of aromatic nitrogens is 2. The third kappa shape index (κ3) is 1.53. The predicted octanol–water partition coefficient (Wildman–Crippen LogP) is 1.93. The Bertz CT molecular complexity index is 311. The fourth-order valence-corrected chi connectivity index (χ4v) is 1.05. The van der Waals surface area contributed by atoms with E-state index in [1.165, 1.54) is 5.69 Å². The second-order valence-corrected chi connectivity index (χ2v) is 2.35. The molecule has 1 aromatic heterocycles. The number of rotatable bonds is 1. The monoisotopic (exact) mass is 161 g/mol. The number of nitrogens with one attached hydrogen (secondary N) is 1. The van der Waals surface area contributed by atoms with Crippen molar-refractivity contribution in [3.63, 3.8) is 0 Å². The molecular weight excluding hydrogens is 148 g/mol. The van der Waals surface area contributed by atoms with Gasteiger partial charge in [-0.05, 0) is 12.1 Å². The van der Waals surface area contributed by atoms with Crippen molar-refractivity contribution < 1.29 is 4.57 Å². The fourth-order valence-electron chi connectivity index (χ4n) is 1.05. The van der Waals surface area contributed by atoms with Crippen LogP contribution in [0.1, 0.15) is 7.43 Å². The number of nitrogens with zero attached hydrogens (tertiary/aromatic N) is 1. The van der Waals surface area contributed by atoms with Gasteiger partial charge in [-0.1, -0.05) is 25.6 Å². The zero-order valence-electron chi connectivity index (χ0n) is 6.07. The molecule has 0 spiro atoms. The molecule has 0 amide bonds. The lowest BCUT2D eigenvalue weighted by Gasteiger charge is -1.91. The molecule has 2 aromatic rings. The second kappa shape index (κ2) is 3.72. The number of para-hydroxylation sites is 1. The van der Waals surface area contributed by atoms with Gasteiger partial charge < -0.3 is 0 Å². The van der Waals surface area contributed by atoms with Gasteiger partial charge in [-0.25, -0.2) is 9.55 Å². The minimum atomic E-state index is 0. The third-order valence-electron chi connectivity index (χ3n) is 1.60. The molecule has 0 bridgehead atoms. The number of imidazole rings is 1. The van der Waals surface area contributed by atoms with Crippen molar-refractivity contribution in [1.29, 1.82) is 0 Å². The van der Waals surface area contributed by atoms with E-state index in [0.29, 0.717) is 0 Å². The zero-order valence-corrected chi connectivity index (χ0v) is 6.07. The summed E-state index contributed by atoms with van der Waals surface area (Å²) in [4.78, 5) is 2.99. The average molecular weight is 161 g/mol. The van der Waals surface area contributed by atoms with E-state index in [-0.39, 0.29) is 7.43 Å². The van der Waals surface area contributed by atoms with Crippen LogP contribution in [0, 0.1) is 0 Å². The summed E-state index contributed by atoms with van der Waals surface area (Å²) in [7, 11) is 0. The Kier molecular flexibility index (Phi) is 2.64. The van der Waals surface area contributed by atoms with Crippen molar-refractivity contribution in [3.05, 3.63) is 49.1 Å². The summed E-state index contributed by atoms with van der Waals surface area (Å²) in [5, 5.41) is 0. The molecule has 0 aliphatic rings. The van der Waals surface area contributed by atoms with Gasteiger partial charge in [-0.2, -0.15) is 0 Å². The molecule has 2 nitrogen and oxygen atoms in total. The van der Waals surface area contributed by atoms with Crippen molar-refractivity contribution in [2.75, 3.05) is 0 Å². The van der Waals surface area contributed by atoms with Crippen LogP contribution in [0.2, 0.25) is 0 Å². The highest BCUT2D eigenvalue weighted by Crippen LogP contribution is 1.95. The predicted molar refractivity (Wildman–Crippen MR) is 49.1 cm³/mol. The number of hydrogen-bond donors (Lipinski definition) is 1. The summed E-state index contributed by atoms with van der Waals surface area (Å²) in [5.41, 5.74) is 1.17. The number of benzene rings is 1. The highest BCUT2D eigenvalue weighted by Gasteiger charge is 1.97. The molecule has 0 unspecified atom stereocenters. The Balaban J connectivity index is 0.000000720. The number of aromatic amines is 1.